The minimum absolute atomic E-state index is 0.105. The van der Waals surface area contributed by atoms with Crippen molar-refractivity contribution in [3.63, 3.8) is 0 Å². The first kappa shape index (κ1) is 16.7. The summed E-state index contributed by atoms with van der Waals surface area (Å²) in [4.78, 5) is 18.6. The number of hydrogen-bond acceptors (Lipinski definition) is 6. The van der Waals surface area contributed by atoms with E-state index in [0.717, 1.165) is 5.82 Å². The molecule has 0 bridgehead atoms. The molecule has 1 saturated heterocycles. The van der Waals surface area contributed by atoms with Gasteiger partial charge < -0.3 is 4.90 Å². The molecule has 0 atom stereocenters. The van der Waals surface area contributed by atoms with Crippen molar-refractivity contribution in [2.45, 2.75) is 4.90 Å². The lowest BCUT2D eigenvalue weighted by atomic mass is 10.3. The molecule has 4 heterocycles. The fourth-order valence-corrected chi connectivity index (χ4v) is 4.51. The van der Waals surface area contributed by atoms with Gasteiger partial charge >= 0.3 is 0 Å². The number of rotatable bonds is 3. The molecule has 0 aliphatic carbocycles. The molecule has 0 N–H and O–H groups in total. The summed E-state index contributed by atoms with van der Waals surface area (Å²) in [5.74, 6) is 0.841. The summed E-state index contributed by atoms with van der Waals surface area (Å²) >= 11 is 0. The van der Waals surface area contributed by atoms with E-state index in [0.29, 0.717) is 26.2 Å². The highest BCUT2D eigenvalue weighted by Crippen LogP contribution is 2.21. The van der Waals surface area contributed by atoms with Gasteiger partial charge in [-0.15, -0.1) is 0 Å². The number of pyridine rings is 1. The van der Waals surface area contributed by atoms with Crippen LogP contribution in [0.15, 0.2) is 52.7 Å². The smallest absolute Gasteiger partial charge is 0.290 e. The van der Waals surface area contributed by atoms with Crippen LogP contribution in [-0.4, -0.2) is 58.1 Å². The molecule has 1 aliphatic rings. The Kier molecular flexibility index (Phi) is 4.00. The molecule has 0 unspecified atom stereocenters. The van der Waals surface area contributed by atoms with Crippen LogP contribution < -0.4 is 10.5 Å². The van der Waals surface area contributed by atoms with Crippen molar-refractivity contribution >= 4 is 21.4 Å². The van der Waals surface area contributed by atoms with Crippen LogP contribution in [0.2, 0.25) is 0 Å². The number of aromatic nitrogens is 4. The number of anilines is 1. The van der Waals surface area contributed by atoms with E-state index >= 15 is 0 Å². The van der Waals surface area contributed by atoms with E-state index in [1.807, 2.05) is 18.2 Å². The minimum atomic E-state index is -3.67. The molecule has 3 aromatic heterocycles. The van der Waals surface area contributed by atoms with Gasteiger partial charge in [-0.05, 0) is 18.2 Å². The monoisotopic (exact) mass is 374 g/mol. The van der Waals surface area contributed by atoms with Crippen molar-refractivity contribution in [3.8, 4) is 0 Å². The van der Waals surface area contributed by atoms with Crippen LogP contribution in [-0.2, 0) is 17.1 Å². The Balaban J connectivity index is 1.58. The number of aryl methyl sites for hydroxylation is 1. The van der Waals surface area contributed by atoms with Crippen LogP contribution in [0.1, 0.15) is 0 Å². The minimum Gasteiger partial charge on any atom is -0.354 e. The summed E-state index contributed by atoms with van der Waals surface area (Å²) in [6.07, 6.45) is 4.58. The Labute approximate surface area is 150 Å². The third-order valence-corrected chi connectivity index (χ3v) is 6.40. The van der Waals surface area contributed by atoms with E-state index in [4.69, 9.17) is 0 Å². The van der Waals surface area contributed by atoms with E-state index in [2.05, 4.69) is 15.0 Å². The predicted octanol–water partition coefficient (Wildman–Crippen LogP) is -0.0611. The second-order valence-electron chi connectivity index (χ2n) is 6.11. The van der Waals surface area contributed by atoms with Crippen molar-refractivity contribution in [1.82, 2.24) is 23.5 Å². The first-order valence-corrected chi connectivity index (χ1v) is 9.61. The third-order valence-electron chi connectivity index (χ3n) is 4.54. The van der Waals surface area contributed by atoms with Crippen molar-refractivity contribution in [3.05, 3.63) is 53.3 Å². The molecule has 1 aliphatic heterocycles. The van der Waals surface area contributed by atoms with Crippen molar-refractivity contribution in [2.24, 2.45) is 7.05 Å². The van der Waals surface area contributed by atoms with Crippen molar-refractivity contribution < 1.29 is 8.42 Å². The fourth-order valence-electron chi connectivity index (χ4n) is 3.06. The van der Waals surface area contributed by atoms with Gasteiger partial charge in [0, 0.05) is 45.6 Å². The molecule has 0 amide bonds. The third kappa shape index (κ3) is 2.76. The van der Waals surface area contributed by atoms with E-state index in [9.17, 15) is 13.2 Å². The molecule has 9 nitrogen and oxygen atoms in total. The van der Waals surface area contributed by atoms with Gasteiger partial charge in [-0.3, -0.25) is 9.20 Å². The summed E-state index contributed by atoms with van der Waals surface area (Å²) in [6, 6.07) is 7.08. The van der Waals surface area contributed by atoms with Crippen molar-refractivity contribution in [2.75, 3.05) is 31.1 Å². The molecular weight excluding hydrogens is 356 g/mol. The van der Waals surface area contributed by atoms with Crippen LogP contribution >= 0.6 is 0 Å². The van der Waals surface area contributed by atoms with E-state index in [-0.39, 0.29) is 16.0 Å². The number of fused-ring (bicyclic) bond motifs is 1. The first-order valence-electron chi connectivity index (χ1n) is 8.17. The van der Waals surface area contributed by atoms with E-state index in [1.54, 1.807) is 6.20 Å². The normalized spacial score (nSPS) is 16.3. The lowest BCUT2D eigenvalue weighted by Gasteiger charge is -2.34. The van der Waals surface area contributed by atoms with Crippen molar-refractivity contribution in [1.29, 1.82) is 0 Å². The molecule has 10 heteroatoms. The second kappa shape index (κ2) is 6.22. The standard InChI is InChI=1S/C16H18N6O3S/c1-19-16(23)14-10-13(11-21(14)12-18-19)26(24,25)22-8-6-20(7-9-22)15-4-2-3-5-17-15/h2-5,10-12H,6-9H2,1H3. The first-order chi connectivity index (χ1) is 12.5. The summed E-state index contributed by atoms with van der Waals surface area (Å²) in [5.41, 5.74) is -0.0536. The van der Waals surface area contributed by atoms with Gasteiger partial charge in [-0.25, -0.2) is 18.1 Å². The Morgan fingerprint density at radius 2 is 1.88 bits per heavy atom. The lowest BCUT2D eigenvalue weighted by Crippen LogP contribution is -2.48. The molecule has 0 spiro atoms. The van der Waals surface area contributed by atoms with Crippen LogP contribution in [0.5, 0.6) is 0 Å². The maximum atomic E-state index is 12.9. The van der Waals surface area contributed by atoms with Gasteiger partial charge in [-0.2, -0.15) is 9.40 Å². The average molecular weight is 374 g/mol. The Morgan fingerprint density at radius 1 is 1.12 bits per heavy atom. The molecule has 3 aromatic rings. The molecule has 136 valence electrons. The molecule has 4 rings (SSSR count). The summed E-state index contributed by atoms with van der Waals surface area (Å²) in [5, 5.41) is 3.90. The van der Waals surface area contributed by atoms with Gasteiger partial charge in [0.05, 0.1) is 0 Å². The highest BCUT2D eigenvalue weighted by atomic mass is 32.2. The number of nitrogens with zero attached hydrogens (tertiary/aromatic N) is 6. The summed E-state index contributed by atoms with van der Waals surface area (Å²) < 4.78 is 30.0. The van der Waals surface area contributed by atoms with Crippen LogP contribution in [0, 0.1) is 0 Å². The molecule has 0 radical (unpaired) electrons. The zero-order valence-corrected chi connectivity index (χ0v) is 15.0. The zero-order chi connectivity index (χ0) is 18.3. The molecule has 0 saturated carbocycles. The second-order valence-corrected chi connectivity index (χ2v) is 8.05. The number of hydrogen-bond donors (Lipinski definition) is 0. The predicted molar refractivity (Wildman–Crippen MR) is 95.6 cm³/mol. The molecular formula is C16H18N6O3S. The van der Waals surface area contributed by atoms with Crippen LogP contribution in [0.3, 0.4) is 0 Å². The topological polar surface area (TPSA) is 92.8 Å². The van der Waals surface area contributed by atoms with Crippen LogP contribution in [0.4, 0.5) is 5.82 Å². The molecule has 26 heavy (non-hydrogen) atoms. The molecule has 0 aromatic carbocycles. The van der Waals surface area contributed by atoms with Gasteiger partial charge in [0.1, 0.15) is 22.6 Å². The van der Waals surface area contributed by atoms with Gasteiger partial charge in [0.25, 0.3) is 5.56 Å². The Bertz CT molecular complexity index is 1100. The van der Waals surface area contributed by atoms with E-state index < -0.39 is 10.0 Å². The number of sulfonamides is 1. The summed E-state index contributed by atoms with van der Waals surface area (Å²) in [6.45, 7) is 1.85. The lowest BCUT2D eigenvalue weighted by molar-refractivity contribution is 0.384. The Hall–Kier alpha value is -2.72. The van der Waals surface area contributed by atoms with Gasteiger partial charge in [0.15, 0.2) is 0 Å². The molecule has 1 fully saturated rings. The van der Waals surface area contributed by atoms with Crippen LogP contribution in [0.25, 0.3) is 5.52 Å². The van der Waals surface area contributed by atoms with E-state index in [1.165, 1.54) is 39.0 Å². The SMILES string of the molecule is Cn1ncn2cc(S(=O)(=O)N3CCN(c4ccccn4)CC3)cc2c1=O. The highest BCUT2D eigenvalue weighted by molar-refractivity contribution is 7.89. The fraction of sp³-hybridized carbons (Fsp3) is 0.312. The largest absolute Gasteiger partial charge is 0.354 e. The maximum Gasteiger partial charge on any atom is 0.290 e. The Morgan fingerprint density at radius 3 is 2.58 bits per heavy atom. The van der Waals surface area contributed by atoms with Gasteiger partial charge in [-0.1, -0.05) is 6.07 Å². The van der Waals surface area contributed by atoms with Gasteiger partial charge in [0.2, 0.25) is 10.0 Å². The average Bonchev–Trinajstić information content (AvgIpc) is 3.12. The highest BCUT2D eigenvalue weighted by Gasteiger charge is 2.30. The number of piperazine rings is 1. The maximum absolute atomic E-state index is 12.9. The summed E-state index contributed by atoms with van der Waals surface area (Å²) in [7, 11) is -2.14. The quantitative estimate of drug-likeness (QED) is 0.638. The zero-order valence-electron chi connectivity index (χ0n) is 14.2.